The van der Waals surface area contributed by atoms with Crippen LogP contribution in [0.2, 0.25) is 0 Å². The fourth-order valence-electron chi connectivity index (χ4n) is 1.75. The van der Waals surface area contributed by atoms with Crippen molar-refractivity contribution in [3.05, 3.63) is 71.3 Å². The molecule has 0 fully saturated rings. The SMILES string of the molecule is NCC#Cc1cccc(COCc2ccccc2)c1. The van der Waals surface area contributed by atoms with E-state index >= 15 is 0 Å². The van der Waals surface area contributed by atoms with Crippen molar-refractivity contribution in [2.45, 2.75) is 13.2 Å². The first-order chi connectivity index (χ1) is 9.38. The van der Waals surface area contributed by atoms with Crippen LogP contribution in [-0.2, 0) is 18.0 Å². The molecule has 96 valence electrons. The standard InChI is InChI=1S/C17H17NO/c18-11-5-10-15-8-4-9-17(12-15)14-19-13-16-6-2-1-3-7-16/h1-4,6-9,12H,11,13-14,18H2. The van der Waals surface area contributed by atoms with Crippen molar-refractivity contribution in [3.8, 4) is 11.8 Å². The van der Waals surface area contributed by atoms with Crippen LogP contribution in [0.3, 0.4) is 0 Å². The van der Waals surface area contributed by atoms with Gasteiger partial charge in [-0.05, 0) is 23.3 Å². The van der Waals surface area contributed by atoms with Crippen LogP contribution in [0.25, 0.3) is 0 Å². The van der Waals surface area contributed by atoms with Crippen LogP contribution in [0.5, 0.6) is 0 Å². The normalized spacial score (nSPS) is 9.74. The summed E-state index contributed by atoms with van der Waals surface area (Å²) < 4.78 is 5.69. The molecule has 0 unspecified atom stereocenters. The molecule has 0 spiro atoms. The molecule has 0 radical (unpaired) electrons. The highest BCUT2D eigenvalue weighted by Crippen LogP contribution is 2.08. The smallest absolute Gasteiger partial charge is 0.0721 e. The zero-order chi connectivity index (χ0) is 13.3. The van der Waals surface area contributed by atoms with Gasteiger partial charge < -0.3 is 10.5 Å². The fourth-order valence-corrected chi connectivity index (χ4v) is 1.75. The maximum absolute atomic E-state index is 5.69. The number of hydrogen-bond acceptors (Lipinski definition) is 2. The third kappa shape index (κ3) is 4.59. The van der Waals surface area contributed by atoms with E-state index in [4.69, 9.17) is 10.5 Å². The Morgan fingerprint density at radius 2 is 1.63 bits per heavy atom. The van der Waals surface area contributed by atoms with Crippen LogP contribution in [0.15, 0.2) is 54.6 Å². The Balaban J connectivity index is 1.89. The number of nitrogens with two attached hydrogens (primary N) is 1. The van der Waals surface area contributed by atoms with Crippen LogP contribution in [-0.4, -0.2) is 6.54 Å². The molecular weight excluding hydrogens is 234 g/mol. The monoisotopic (exact) mass is 251 g/mol. The van der Waals surface area contributed by atoms with Gasteiger partial charge in [-0.25, -0.2) is 0 Å². The number of rotatable bonds is 4. The summed E-state index contributed by atoms with van der Waals surface area (Å²) in [6.07, 6.45) is 0. The lowest BCUT2D eigenvalue weighted by atomic mass is 10.1. The van der Waals surface area contributed by atoms with Crippen LogP contribution in [0.1, 0.15) is 16.7 Å². The fraction of sp³-hybridized carbons (Fsp3) is 0.176. The Kier molecular flexibility index (Phi) is 5.18. The van der Waals surface area contributed by atoms with Gasteiger partial charge in [-0.2, -0.15) is 0 Å². The van der Waals surface area contributed by atoms with Gasteiger partial charge in [-0.1, -0.05) is 54.3 Å². The zero-order valence-corrected chi connectivity index (χ0v) is 10.8. The van der Waals surface area contributed by atoms with Crippen LogP contribution in [0.4, 0.5) is 0 Å². The van der Waals surface area contributed by atoms with E-state index in [0.29, 0.717) is 19.8 Å². The van der Waals surface area contributed by atoms with Gasteiger partial charge in [-0.15, -0.1) is 0 Å². The summed E-state index contributed by atoms with van der Waals surface area (Å²) in [6.45, 7) is 1.60. The molecule has 0 saturated heterocycles. The summed E-state index contributed by atoms with van der Waals surface area (Å²) in [7, 11) is 0. The molecule has 0 aliphatic rings. The van der Waals surface area contributed by atoms with Gasteiger partial charge in [0, 0.05) is 5.56 Å². The lowest BCUT2D eigenvalue weighted by Crippen LogP contribution is -1.95. The Hall–Kier alpha value is -2.08. The third-order valence-corrected chi connectivity index (χ3v) is 2.64. The lowest BCUT2D eigenvalue weighted by Gasteiger charge is -2.05. The van der Waals surface area contributed by atoms with Crippen LogP contribution in [0, 0.1) is 11.8 Å². The molecule has 2 aromatic carbocycles. The molecule has 0 heterocycles. The Morgan fingerprint density at radius 3 is 2.42 bits per heavy atom. The van der Waals surface area contributed by atoms with Gasteiger partial charge in [-0.3, -0.25) is 0 Å². The first-order valence-electron chi connectivity index (χ1n) is 6.28. The van der Waals surface area contributed by atoms with Gasteiger partial charge in [0.05, 0.1) is 19.8 Å². The second kappa shape index (κ2) is 7.38. The summed E-state index contributed by atoms with van der Waals surface area (Å²) in [5, 5.41) is 0. The molecule has 2 N–H and O–H groups in total. The van der Waals surface area contributed by atoms with Gasteiger partial charge in [0.2, 0.25) is 0 Å². The molecule has 2 rings (SSSR count). The van der Waals surface area contributed by atoms with E-state index in [9.17, 15) is 0 Å². The molecule has 0 aliphatic carbocycles. The van der Waals surface area contributed by atoms with Gasteiger partial charge in [0.1, 0.15) is 0 Å². The molecular formula is C17H17NO. The molecule has 19 heavy (non-hydrogen) atoms. The molecule has 2 heteroatoms. The molecule has 2 aromatic rings. The van der Waals surface area contributed by atoms with E-state index < -0.39 is 0 Å². The van der Waals surface area contributed by atoms with Crippen molar-refractivity contribution in [3.63, 3.8) is 0 Å². The van der Waals surface area contributed by atoms with E-state index in [0.717, 1.165) is 11.1 Å². The Morgan fingerprint density at radius 1 is 0.895 bits per heavy atom. The first kappa shape index (κ1) is 13.4. The highest BCUT2D eigenvalue weighted by molar-refractivity contribution is 5.37. The minimum Gasteiger partial charge on any atom is -0.372 e. The van der Waals surface area contributed by atoms with Crippen molar-refractivity contribution in [2.75, 3.05) is 6.54 Å². The average molecular weight is 251 g/mol. The highest BCUT2D eigenvalue weighted by Gasteiger charge is 1.96. The predicted molar refractivity (Wildman–Crippen MR) is 77.3 cm³/mol. The second-order valence-corrected chi connectivity index (χ2v) is 4.18. The molecule has 0 atom stereocenters. The summed E-state index contributed by atoms with van der Waals surface area (Å²) >= 11 is 0. The number of benzene rings is 2. The van der Waals surface area contributed by atoms with Gasteiger partial charge in [0.15, 0.2) is 0 Å². The number of ether oxygens (including phenoxy) is 1. The lowest BCUT2D eigenvalue weighted by molar-refractivity contribution is 0.107. The summed E-state index contributed by atoms with van der Waals surface area (Å²) in [5.41, 5.74) is 8.65. The topological polar surface area (TPSA) is 35.2 Å². The van der Waals surface area contributed by atoms with E-state index in [1.54, 1.807) is 0 Å². The van der Waals surface area contributed by atoms with Crippen LogP contribution < -0.4 is 5.73 Å². The molecule has 0 bridgehead atoms. The van der Waals surface area contributed by atoms with Crippen molar-refractivity contribution in [1.29, 1.82) is 0 Å². The summed E-state index contributed by atoms with van der Waals surface area (Å²) in [4.78, 5) is 0. The largest absolute Gasteiger partial charge is 0.372 e. The minimum absolute atomic E-state index is 0.384. The average Bonchev–Trinajstić information content (AvgIpc) is 2.47. The van der Waals surface area contributed by atoms with Gasteiger partial charge in [0.25, 0.3) is 0 Å². The Bertz CT molecular complexity index is 567. The summed E-state index contributed by atoms with van der Waals surface area (Å²) in [6, 6.07) is 18.2. The maximum Gasteiger partial charge on any atom is 0.0721 e. The molecule has 0 amide bonds. The van der Waals surface area contributed by atoms with Crippen molar-refractivity contribution < 1.29 is 4.74 Å². The third-order valence-electron chi connectivity index (χ3n) is 2.64. The van der Waals surface area contributed by atoms with Crippen molar-refractivity contribution >= 4 is 0 Å². The molecule has 2 nitrogen and oxygen atoms in total. The Labute approximate surface area is 114 Å². The summed E-state index contributed by atoms with van der Waals surface area (Å²) in [5.74, 6) is 5.87. The predicted octanol–water partition coefficient (Wildman–Crippen LogP) is 2.71. The zero-order valence-electron chi connectivity index (χ0n) is 10.8. The second-order valence-electron chi connectivity index (χ2n) is 4.18. The van der Waals surface area contributed by atoms with E-state index in [1.165, 1.54) is 5.56 Å². The quantitative estimate of drug-likeness (QED) is 0.848. The van der Waals surface area contributed by atoms with Crippen molar-refractivity contribution in [1.82, 2.24) is 0 Å². The first-order valence-corrected chi connectivity index (χ1v) is 6.28. The van der Waals surface area contributed by atoms with Gasteiger partial charge >= 0.3 is 0 Å². The highest BCUT2D eigenvalue weighted by atomic mass is 16.5. The van der Waals surface area contributed by atoms with E-state index in [-0.39, 0.29) is 0 Å². The maximum atomic E-state index is 5.69. The number of hydrogen-bond donors (Lipinski definition) is 1. The molecule has 0 aliphatic heterocycles. The van der Waals surface area contributed by atoms with E-state index in [1.807, 2.05) is 42.5 Å². The van der Waals surface area contributed by atoms with E-state index in [2.05, 4.69) is 24.0 Å². The van der Waals surface area contributed by atoms with Crippen LogP contribution >= 0.6 is 0 Å². The molecule has 0 aromatic heterocycles. The molecule has 0 saturated carbocycles. The van der Waals surface area contributed by atoms with Crippen molar-refractivity contribution in [2.24, 2.45) is 5.73 Å². The minimum atomic E-state index is 0.384.